The molecule has 3 N–H and O–H groups in total. The van der Waals surface area contributed by atoms with Gasteiger partial charge in [-0.1, -0.05) is 18.2 Å². The average molecular weight is 238 g/mol. The molecule has 0 bridgehead atoms. The van der Waals surface area contributed by atoms with Crippen LogP contribution in [0.25, 0.3) is 0 Å². The molecule has 0 unspecified atom stereocenters. The lowest BCUT2D eigenvalue weighted by atomic mass is 10.1. The number of anilines is 1. The molecular weight excluding hydrogens is 220 g/mol. The fraction of sp³-hybridized carbons (Fsp3) is 0.417. The summed E-state index contributed by atoms with van der Waals surface area (Å²) in [6.07, 6.45) is 0.703. The second kappa shape index (κ2) is 6.45. The van der Waals surface area contributed by atoms with Crippen molar-refractivity contribution in [1.29, 1.82) is 0 Å². The molecule has 0 spiro atoms. The number of hydrogen-bond donors (Lipinski definition) is 3. The highest BCUT2D eigenvalue weighted by atomic mass is 32.1. The Bertz CT molecular complexity index is 346. The first-order valence-electron chi connectivity index (χ1n) is 5.37. The Morgan fingerprint density at radius 3 is 2.50 bits per heavy atom. The molecule has 4 heteroatoms. The molecule has 1 aromatic carbocycles. The number of benzene rings is 1. The second-order valence-electron chi connectivity index (χ2n) is 3.72. The molecule has 1 rings (SSSR count). The van der Waals surface area contributed by atoms with Crippen LogP contribution >= 0.6 is 12.2 Å². The molecule has 0 atom stereocenters. The van der Waals surface area contributed by atoms with E-state index in [-0.39, 0.29) is 6.61 Å². The number of nitrogens with one attached hydrogen (secondary N) is 2. The minimum atomic E-state index is 0.180. The first kappa shape index (κ1) is 12.9. The third-order valence-corrected chi connectivity index (χ3v) is 2.59. The third-order valence-electron chi connectivity index (χ3n) is 2.34. The number of rotatable bonds is 4. The van der Waals surface area contributed by atoms with Gasteiger partial charge in [0.1, 0.15) is 0 Å². The summed E-state index contributed by atoms with van der Waals surface area (Å²) < 4.78 is 0. The van der Waals surface area contributed by atoms with E-state index in [2.05, 4.69) is 10.6 Å². The molecule has 0 saturated heterocycles. The van der Waals surface area contributed by atoms with Crippen LogP contribution in [-0.2, 0) is 0 Å². The van der Waals surface area contributed by atoms with E-state index in [1.165, 1.54) is 11.1 Å². The lowest BCUT2D eigenvalue weighted by Crippen LogP contribution is -2.30. The van der Waals surface area contributed by atoms with E-state index >= 15 is 0 Å². The maximum Gasteiger partial charge on any atom is 0.170 e. The Morgan fingerprint density at radius 1 is 1.31 bits per heavy atom. The van der Waals surface area contributed by atoms with E-state index in [0.717, 1.165) is 5.69 Å². The summed E-state index contributed by atoms with van der Waals surface area (Å²) in [4.78, 5) is 0. The SMILES string of the molecule is Cc1cccc(C)c1NC(=S)NCCCO. The highest BCUT2D eigenvalue weighted by molar-refractivity contribution is 7.80. The van der Waals surface area contributed by atoms with Crippen LogP contribution in [0.15, 0.2) is 18.2 Å². The third kappa shape index (κ3) is 3.79. The van der Waals surface area contributed by atoms with Gasteiger partial charge in [0.2, 0.25) is 0 Å². The first-order chi connectivity index (χ1) is 7.65. The largest absolute Gasteiger partial charge is 0.396 e. The van der Waals surface area contributed by atoms with Crippen molar-refractivity contribution in [2.75, 3.05) is 18.5 Å². The number of thiocarbonyl (C=S) groups is 1. The topological polar surface area (TPSA) is 44.3 Å². The minimum Gasteiger partial charge on any atom is -0.396 e. The van der Waals surface area contributed by atoms with Crippen molar-refractivity contribution in [3.8, 4) is 0 Å². The molecule has 3 nitrogen and oxygen atoms in total. The Kier molecular flexibility index (Phi) is 5.22. The molecule has 0 saturated carbocycles. The molecule has 0 aliphatic heterocycles. The monoisotopic (exact) mass is 238 g/mol. The van der Waals surface area contributed by atoms with Crippen LogP contribution in [0, 0.1) is 13.8 Å². The molecule has 0 aliphatic rings. The molecule has 0 aliphatic carbocycles. The van der Waals surface area contributed by atoms with Crippen LogP contribution in [0.2, 0.25) is 0 Å². The van der Waals surface area contributed by atoms with Gasteiger partial charge in [0.05, 0.1) is 0 Å². The smallest absolute Gasteiger partial charge is 0.170 e. The number of aryl methyl sites for hydroxylation is 2. The average Bonchev–Trinajstić information content (AvgIpc) is 2.24. The summed E-state index contributed by atoms with van der Waals surface area (Å²) >= 11 is 5.16. The van der Waals surface area contributed by atoms with E-state index < -0.39 is 0 Å². The maximum absolute atomic E-state index is 8.65. The molecule has 0 radical (unpaired) electrons. The molecule has 0 aromatic heterocycles. The van der Waals surface area contributed by atoms with Gasteiger partial charge in [-0.15, -0.1) is 0 Å². The van der Waals surface area contributed by atoms with Crippen molar-refractivity contribution in [1.82, 2.24) is 5.32 Å². The van der Waals surface area contributed by atoms with Crippen molar-refractivity contribution < 1.29 is 5.11 Å². The molecule has 16 heavy (non-hydrogen) atoms. The van der Waals surface area contributed by atoms with E-state index in [1.54, 1.807) is 0 Å². The molecule has 1 aromatic rings. The van der Waals surface area contributed by atoms with Gasteiger partial charge in [0.25, 0.3) is 0 Å². The molecule has 0 fully saturated rings. The van der Waals surface area contributed by atoms with Crippen LogP contribution in [0.1, 0.15) is 17.5 Å². The van der Waals surface area contributed by atoms with Crippen LogP contribution in [0.4, 0.5) is 5.69 Å². The van der Waals surface area contributed by atoms with Crippen molar-refractivity contribution in [3.63, 3.8) is 0 Å². The van der Waals surface area contributed by atoms with E-state index in [4.69, 9.17) is 17.3 Å². The fourth-order valence-corrected chi connectivity index (χ4v) is 1.65. The van der Waals surface area contributed by atoms with Crippen LogP contribution < -0.4 is 10.6 Å². The Balaban J connectivity index is 2.56. The Morgan fingerprint density at radius 2 is 1.94 bits per heavy atom. The molecule has 0 amide bonds. The van der Waals surface area contributed by atoms with Gasteiger partial charge in [-0.2, -0.15) is 0 Å². The van der Waals surface area contributed by atoms with Gasteiger partial charge in [-0.3, -0.25) is 0 Å². The van der Waals surface area contributed by atoms with Crippen LogP contribution in [-0.4, -0.2) is 23.4 Å². The highest BCUT2D eigenvalue weighted by Crippen LogP contribution is 2.18. The zero-order chi connectivity index (χ0) is 12.0. The summed E-state index contributed by atoms with van der Waals surface area (Å²) in [6, 6.07) is 6.12. The molecule has 88 valence electrons. The van der Waals surface area contributed by atoms with E-state index in [0.29, 0.717) is 18.1 Å². The van der Waals surface area contributed by atoms with Gasteiger partial charge in [0.15, 0.2) is 5.11 Å². The summed E-state index contributed by atoms with van der Waals surface area (Å²) in [5.41, 5.74) is 3.40. The van der Waals surface area contributed by atoms with Gasteiger partial charge >= 0.3 is 0 Å². The standard InChI is InChI=1S/C12H18N2OS/c1-9-5-3-6-10(2)11(9)14-12(16)13-7-4-8-15/h3,5-6,15H,4,7-8H2,1-2H3,(H2,13,14,16). The maximum atomic E-state index is 8.65. The molecular formula is C12H18N2OS. The highest BCUT2D eigenvalue weighted by Gasteiger charge is 2.03. The summed E-state index contributed by atoms with van der Waals surface area (Å²) in [7, 11) is 0. The van der Waals surface area contributed by atoms with Gasteiger partial charge in [-0.25, -0.2) is 0 Å². The van der Waals surface area contributed by atoms with Crippen LogP contribution in [0.3, 0.4) is 0 Å². The quantitative estimate of drug-likeness (QED) is 0.554. The number of hydrogen-bond acceptors (Lipinski definition) is 2. The van der Waals surface area contributed by atoms with E-state index in [9.17, 15) is 0 Å². The first-order valence-corrected chi connectivity index (χ1v) is 5.78. The predicted molar refractivity (Wildman–Crippen MR) is 71.8 cm³/mol. The van der Waals surface area contributed by atoms with Gasteiger partial charge < -0.3 is 15.7 Å². The number of para-hydroxylation sites is 1. The minimum absolute atomic E-state index is 0.180. The van der Waals surface area contributed by atoms with Gasteiger partial charge in [-0.05, 0) is 43.6 Å². The van der Waals surface area contributed by atoms with Crippen molar-refractivity contribution >= 4 is 23.0 Å². The summed E-state index contributed by atoms with van der Waals surface area (Å²) in [5.74, 6) is 0. The predicted octanol–water partition coefficient (Wildman–Crippen LogP) is 1.97. The van der Waals surface area contributed by atoms with Gasteiger partial charge in [0, 0.05) is 18.8 Å². The van der Waals surface area contributed by atoms with Crippen molar-refractivity contribution in [2.24, 2.45) is 0 Å². The zero-order valence-electron chi connectivity index (χ0n) is 9.71. The zero-order valence-corrected chi connectivity index (χ0v) is 10.5. The van der Waals surface area contributed by atoms with Crippen molar-refractivity contribution in [2.45, 2.75) is 20.3 Å². The lowest BCUT2D eigenvalue weighted by Gasteiger charge is -2.14. The normalized spacial score (nSPS) is 9.94. The summed E-state index contributed by atoms with van der Waals surface area (Å²) in [6.45, 7) is 4.96. The second-order valence-corrected chi connectivity index (χ2v) is 4.13. The van der Waals surface area contributed by atoms with E-state index in [1.807, 2.05) is 32.0 Å². The van der Waals surface area contributed by atoms with Crippen molar-refractivity contribution in [3.05, 3.63) is 29.3 Å². The summed E-state index contributed by atoms with van der Waals surface area (Å²) in [5, 5.41) is 15.5. The number of aliphatic hydroxyl groups is 1. The Labute approximate surface area is 102 Å². The van der Waals surface area contributed by atoms with Crippen LogP contribution in [0.5, 0.6) is 0 Å². The Hall–Kier alpha value is -1.13. The lowest BCUT2D eigenvalue weighted by molar-refractivity contribution is 0.289. The molecule has 0 heterocycles. The number of aliphatic hydroxyl groups excluding tert-OH is 1. The fourth-order valence-electron chi connectivity index (χ4n) is 1.45.